The lowest BCUT2D eigenvalue weighted by atomic mass is 10.2. The summed E-state index contributed by atoms with van der Waals surface area (Å²) in [5.41, 5.74) is 0.815. The molecule has 0 bridgehead atoms. The highest BCUT2D eigenvalue weighted by atomic mass is 32.2. The van der Waals surface area contributed by atoms with Crippen molar-refractivity contribution in [2.75, 3.05) is 0 Å². The van der Waals surface area contributed by atoms with Gasteiger partial charge in [-0.3, -0.25) is 0 Å². The second-order valence-corrected chi connectivity index (χ2v) is 5.03. The molecule has 1 N–H and O–H groups in total. The first-order valence-corrected chi connectivity index (χ1v) is 6.85. The SMILES string of the molecule is O=S(O)Cc1ccccc1OC1CCCC1. The van der Waals surface area contributed by atoms with Crippen LogP contribution in [0, 0.1) is 0 Å². The van der Waals surface area contributed by atoms with Crippen LogP contribution in [0.3, 0.4) is 0 Å². The van der Waals surface area contributed by atoms with Crippen LogP contribution in [0.5, 0.6) is 5.75 Å². The zero-order valence-corrected chi connectivity index (χ0v) is 9.91. The maximum Gasteiger partial charge on any atom is 0.157 e. The summed E-state index contributed by atoms with van der Waals surface area (Å²) in [5, 5.41) is 0. The Morgan fingerprint density at radius 3 is 2.69 bits per heavy atom. The quantitative estimate of drug-likeness (QED) is 0.823. The lowest BCUT2D eigenvalue weighted by Gasteiger charge is -2.15. The Morgan fingerprint density at radius 2 is 2.00 bits per heavy atom. The van der Waals surface area contributed by atoms with E-state index >= 15 is 0 Å². The second-order valence-electron chi connectivity index (χ2n) is 4.10. The van der Waals surface area contributed by atoms with Gasteiger partial charge in [-0.15, -0.1) is 0 Å². The second kappa shape index (κ2) is 5.46. The molecule has 0 amide bonds. The molecule has 1 atom stereocenters. The molecule has 1 aromatic carbocycles. The van der Waals surface area contributed by atoms with Gasteiger partial charge in [0.05, 0.1) is 11.9 Å². The normalized spacial score (nSPS) is 18.6. The molecule has 88 valence electrons. The number of benzene rings is 1. The molecule has 1 aromatic rings. The number of para-hydroxylation sites is 1. The Bertz CT molecular complexity index is 372. The molecule has 16 heavy (non-hydrogen) atoms. The van der Waals surface area contributed by atoms with Crippen LogP contribution < -0.4 is 4.74 Å². The minimum atomic E-state index is -1.81. The van der Waals surface area contributed by atoms with Gasteiger partial charge in [-0.2, -0.15) is 0 Å². The topological polar surface area (TPSA) is 46.5 Å². The van der Waals surface area contributed by atoms with Crippen LogP contribution in [0.1, 0.15) is 31.2 Å². The van der Waals surface area contributed by atoms with Gasteiger partial charge in [0.2, 0.25) is 0 Å². The number of rotatable bonds is 4. The van der Waals surface area contributed by atoms with E-state index in [9.17, 15) is 4.21 Å². The average molecular weight is 240 g/mol. The van der Waals surface area contributed by atoms with Gasteiger partial charge >= 0.3 is 0 Å². The van der Waals surface area contributed by atoms with E-state index in [0.717, 1.165) is 24.2 Å². The van der Waals surface area contributed by atoms with Crippen LogP contribution in [0.2, 0.25) is 0 Å². The zero-order valence-electron chi connectivity index (χ0n) is 9.09. The molecular formula is C12H16O3S. The highest BCUT2D eigenvalue weighted by Gasteiger charge is 2.17. The summed E-state index contributed by atoms with van der Waals surface area (Å²) in [4.78, 5) is 0. The molecule has 0 aliphatic heterocycles. The van der Waals surface area contributed by atoms with Gasteiger partial charge in [-0.1, -0.05) is 18.2 Å². The standard InChI is InChI=1S/C12H16O3S/c13-16(14)9-10-5-1-4-8-12(10)15-11-6-2-3-7-11/h1,4-5,8,11H,2-3,6-7,9H2,(H,13,14). The van der Waals surface area contributed by atoms with Crippen molar-refractivity contribution in [3.05, 3.63) is 29.8 Å². The van der Waals surface area contributed by atoms with E-state index in [-0.39, 0.29) is 11.9 Å². The smallest absolute Gasteiger partial charge is 0.157 e. The molecule has 0 saturated heterocycles. The van der Waals surface area contributed by atoms with E-state index < -0.39 is 11.1 Å². The summed E-state index contributed by atoms with van der Waals surface area (Å²) in [6, 6.07) is 7.48. The van der Waals surface area contributed by atoms with Crippen LogP contribution in [-0.4, -0.2) is 14.9 Å². The Kier molecular flexibility index (Phi) is 3.96. The molecule has 1 unspecified atom stereocenters. The van der Waals surface area contributed by atoms with Gasteiger partial charge in [-0.25, -0.2) is 4.21 Å². The highest BCUT2D eigenvalue weighted by Crippen LogP contribution is 2.27. The van der Waals surface area contributed by atoms with Gasteiger partial charge in [0, 0.05) is 5.56 Å². The third-order valence-electron chi connectivity index (χ3n) is 2.85. The van der Waals surface area contributed by atoms with Crippen molar-refractivity contribution >= 4 is 11.1 Å². The van der Waals surface area contributed by atoms with Crippen molar-refractivity contribution in [2.45, 2.75) is 37.5 Å². The number of ether oxygens (including phenoxy) is 1. The summed E-state index contributed by atoms with van der Waals surface area (Å²) in [5.74, 6) is 0.903. The third kappa shape index (κ3) is 3.06. The first-order chi connectivity index (χ1) is 7.75. The number of hydrogen-bond donors (Lipinski definition) is 1. The molecule has 0 radical (unpaired) electrons. The maximum absolute atomic E-state index is 10.8. The minimum absolute atomic E-state index is 0.142. The summed E-state index contributed by atoms with van der Waals surface area (Å²) >= 11 is -1.81. The Hall–Kier alpha value is -0.870. The summed E-state index contributed by atoms with van der Waals surface area (Å²) in [7, 11) is 0. The van der Waals surface area contributed by atoms with Crippen molar-refractivity contribution in [1.29, 1.82) is 0 Å². The fourth-order valence-corrected chi connectivity index (χ4v) is 2.56. The summed E-state index contributed by atoms with van der Waals surface area (Å²) < 4.78 is 25.6. The van der Waals surface area contributed by atoms with E-state index in [4.69, 9.17) is 9.29 Å². The predicted octanol–water partition coefficient (Wildman–Crippen LogP) is 2.73. The van der Waals surface area contributed by atoms with Gasteiger partial charge in [0.15, 0.2) is 11.1 Å². The fourth-order valence-electron chi connectivity index (χ4n) is 2.06. The van der Waals surface area contributed by atoms with E-state index in [1.807, 2.05) is 24.3 Å². The van der Waals surface area contributed by atoms with Crippen molar-refractivity contribution in [3.63, 3.8) is 0 Å². The highest BCUT2D eigenvalue weighted by molar-refractivity contribution is 7.78. The van der Waals surface area contributed by atoms with Crippen LogP contribution in [0.25, 0.3) is 0 Å². The van der Waals surface area contributed by atoms with Gasteiger partial charge < -0.3 is 9.29 Å². The summed E-state index contributed by atoms with van der Waals surface area (Å²) in [6.45, 7) is 0. The molecule has 2 rings (SSSR count). The monoisotopic (exact) mass is 240 g/mol. The van der Waals surface area contributed by atoms with Crippen LogP contribution in [0.4, 0.5) is 0 Å². The fraction of sp³-hybridized carbons (Fsp3) is 0.500. The Balaban J connectivity index is 2.09. The van der Waals surface area contributed by atoms with E-state index in [0.29, 0.717) is 0 Å². The molecule has 1 aliphatic rings. The Morgan fingerprint density at radius 1 is 1.31 bits per heavy atom. The third-order valence-corrected chi connectivity index (χ3v) is 3.41. The molecule has 0 heterocycles. The minimum Gasteiger partial charge on any atom is -0.490 e. The largest absolute Gasteiger partial charge is 0.490 e. The van der Waals surface area contributed by atoms with Crippen LogP contribution in [-0.2, 0) is 16.8 Å². The molecule has 0 aromatic heterocycles. The maximum atomic E-state index is 10.8. The summed E-state index contributed by atoms with van der Waals surface area (Å²) in [6.07, 6.45) is 4.92. The lowest BCUT2D eigenvalue weighted by molar-refractivity contribution is 0.208. The molecule has 1 fully saturated rings. The van der Waals surface area contributed by atoms with Gasteiger partial charge in [0.1, 0.15) is 5.75 Å². The molecule has 3 nitrogen and oxygen atoms in total. The molecule has 0 spiro atoms. The first kappa shape index (κ1) is 11.6. The molecular weight excluding hydrogens is 224 g/mol. The first-order valence-electron chi connectivity index (χ1n) is 5.58. The van der Waals surface area contributed by atoms with Gasteiger partial charge in [0.25, 0.3) is 0 Å². The van der Waals surface area contributed by atoms with Gasteiger partial charge in [-0.05, 0) is 31.7 Å². The molecule has 4 heteroatoms. The lowest BCUT2D eigenvalue weighted by Crippen LogP contribution is -2.12. The zero-order chi connectivity index (χ0) is 11.4. The van der Waals surface area contributed by atoms with Crippen molar-refractivity contribution < 1.29 is 13.5 Å². The molecule has 1 saturated carbocycles. The predicted molar refractivity (Wildman–Crippen MR) is 63.8 cm³/mol. The van der Waals surface area contributed by atoms with Crippen molar-refractivity contribution in [2.24, 2.45) is 0 Å². The van der Waals surface area contributed by atoms with Crippen LogP contribution >= 0.6 is 0 Å². The van der Waals surface area contributed by atoms with Crippen molar-refractivity contribution in [1.82, 2.24) is 0 Å². The molecule has 1 aliphatic carbocycles. The van der Waals surface area contributed by atoms with E-state index in [2.05, 4.69) is 0 Å². The van der Waals surface area contributed by atoms with E-state index in [1.54, 1.807) is 0 Å². The average Bonchev–Trinajstić information content (AvgIpc) is 2.73. The Labute approximate surface area is 98.1 Å². The van der Waals surface area contributed by atoms with E-state index in [1.165, 1.54) is 12.8 Å². The number of hydrogen-bond acceptors (Lipinski definition) is 2. The van der Waals surface area contributed by atoms with Crippen LogP contribution in [0.15, 0.2) is 24.3 Å². The van der Waals surface area contributed by atoms with Crippen molar-refractivity contribution in [3.8, 4) is 5.75 Å².